The van der Waals surface area contributed by atoms with Crippen molar-refractivity contribution in [2.75, 3.05) is 13.1 Å². The number of piperidine rings is 1. The van der Waals surface area contributed by atoms with E-state index in [1.807, 2.05) is 53.6 Å². The second kappa shape index (κ2) is 6.78. The van der Waals surface area contributed by atoms with Crippen molar-refractivity contribution >= 4 is 28.0 Å². The van der Waals surface area contributed by atoms with E-state index in [-0.39, 0.29) is 5.91 Å². The van der Waals surface area contributed by atoms with Crippen molar-refractivity contribution in [3.05, 3.63) is 60.2 Å². The maximum absolute atomic E-state index is 13.0. The minimum absolute atomic E-state index is 0.0824. The SMILES string of the molecule is CCc1nc2cccnc2n1C1CCN(C(=O)c2cc3ccccc3[nH]2)CC1. The highest BCUT2D eigenvalue weighted by atomic mass is 16.2. The fraction of sp³-hybridized carbons (Fsp3) is 0.318. The first-order valence-electron chi connectivity index (χ1n) is 9.93. The molecule has 0 saturated carbocycles. The van der Waals surface area contributed by atoms with Crippen LogP contribution in [0.15, 0.2) is 48.7 Å². The van der Waals surface area contributed by atoms with Crippen LogP contribution in [0.4, 0.5) is 0 Å². The number of imidazole rings is 1. The molecule has 1 aliphatic heterocycles. The molecule has 0 unspecified atom stereocenters. The molecule has 0 radical (unpaired) electrons. The van der Waals surface area contributed by atoms with Gasteiger partial charge in [0.2, 0.25) is 0 Å². The number of nitrogens with zero attached hydrogens (tertiary/aromatic N) is 4. The number of pyridine rings is 1. The zero-order valence-electron chi connectivity index (χ0n) is 15.9. The molecule has 0 spiro atoms. The zero-order valence-corrected chi connectivity index (χ0v) is 15.9. The highest BCUT2D eigenvalue weighted by molar-refractivity contribution is 5.98. The molecule has 0 atom stereocenters. The lowest BCUT2D eigenvalue weighted by molar-refractivity contribution is 0.0690. The second-order valence-corrected chi connectivity index (χ2v) is 7.39. The lowest BCUT2D eigenvalue weighted by Crippen LogP contribution is -2.39. The number of carbonyl (C=O) groups is 1. The Hall–Kier alpha value is -3.15. The summed E-state index contributed by atoms with van der Waals surface area (Å²) in [7, 11) is 0. The minimum atomic E-state index is 0.0824. The lowest BCUT2D eigenvalue weighted by atomic mass is 10.0. The Morgan fingerprint density at radius 1 is 1.18 bits per heavy atom. The summed E-state index contributed by atoms with van der Waals surface area (Å²) >= 11 is 0. The molecule has 1 fully saturated rings. The number of aromatic amines is 1. The molecule has 1 saturated heterocycles. The van der Waals surface area contributed by atoms with Crippen LogP contribution in [0.2, 0.25) is 0 Å². The van der Waals surface area contributed by atoms with Gasteiger partial charge in [0.15, 0.2) is 5.65 Å². The van der Waals surface area contributed by atoms with Gasteiger partial charge in [0.05, 0.1) is 0 Å². The van der Waals surface area contributed by atoms with Crippen molar-refractivity contribution in [2.45, 2.75) is 32.2 Å². The number of rotatable bonds is 3. The average Bonchev–Trinajstić information content (AvgIpc) is 3.34. The van der Waals surface area contributed by atoms with Gasteiger partial charge in [-0.3, -0.25) is 4.79 Å². The van der Waals surface area contributed by atoms with E-state index in [0.29, 0.717) is 11.7 Å². The third-order valence-corrected chi connectivity index (χ3v) is 5.72. The maximum atomic E-state index is 13.0. The van der Waals surface area contributed by atoms with Crippen LogP contribution in [0.5, 0.6) is 0 Å². The number of para-hydroxylation sites is 1. The number of hydrogen-bond donors (Lipinski definition) is 1. The van der Waals surface area contributed by atoms with Gasteiger partial charge in [-0.15, -0.1) is 0 Å². The third-order valence-electron chi connectivity index (χ3n) is 5.72. The van der Waals surface area contributed by atoms with E-state index in [0.717, 1.165) is 60.2 Å². The summed E-state index contributed by atoms with van der Waals surface area (Å²) in [5, 5.41) is 1.07. The van der Waals surface area contributed by atoms with E-state index in [9.17, 15) is 4.79 Å². The largest absolute Gasteiger partial charge is 0.351 e. The summed E-state index contributed by atoms with van der Waals surface area (Å²) in [5.74, 6) is 1.16. The molecule has 1 aromatic carbocycles. The molecule has 4 heterocycles. The molecule has 28 heavy (non-hydrogen) atoms. The van der Waals surface area contributed by atoms with Gasteiger partial charge in [0.1, 0.15) is 17.0 Å². The first-order chi connectivity index (χ1) is 13.7. The van der Waals surface area contributed by atoms with Crippen molar-refractivity contribution in [3.63, 3.8) is 0 Å². The number of hydrogen-bond acceptors (Lipinski definition) is 3. The van der Waals surface area contributed by atoms with E-state index in [1.54, 1.807) is 0 Å². The molecule has 3 aromatic heterocycles. The Balaban J connectivity index is 1.36. The Kier molecular flexibility index (Phi) is 4.11. The van der Waals surface area contributed by atoms with Crippen molar-refractivity contribution in [2.24, 2.45) is 0 Å². The van der Waals surface area contributed by atoms with E-state index in [4.69, 9.17) is 4.98 Å². The predicted molar refractivity (Wildman–Crippen MR) is 109 cm³/mol. The minimum Gasteiger partial charge on any atom is -0.351 e. The first-order valence-corrected chi connectivity index (χ1v) is 9.93. The van der Waals surface area contributed by atoms with Crippen LogP contribution in [0.3, 0.4) is 0 Å². The van der Waals surface area contributed by atoms with Gasteiger partial charge in [0, 0.05) is 42.7 Å². The molecule has 6 nitrogen and oxygen atoms in total. The number of aromatic nitrogens is 4. The summed E-state index contributed by atoms with van der Waals surface area (Å²) in [6.45, 7) is 3.62. The Labute approximate surface area is 163 Å². The number of aryl methyl sites for hydroxylation is 1. The summed E-state index contributed by atoms with van der Waals surface area (Å²) in [6, 6.07) is 14.2. The van der Waals surface area contributed by atoms with Crippen LogP contribution in [0.25, 0.3) is 22.1 Å². The summed E-state index contributed by atoms with van der Waals surface area (Å²) in [4.78, 5) is 27.5. The second-order valence-electron chi connectivity index (χ2n) is 7.39. The Morgan fingerprint density at radius 2 is 2.00 bits per heavy atom. The molecular weight excluding hydrogens is 350 g/mol. The lowest BCUT2D eigenvalue weighted by Gasteiger charge is -2.33. The monoisotopic (exact) mass is 373 g/mol. The smallest absolute Gasteiger partial charge is 0.270 e. The fourth-order valence-corrected chi connectivity index (χ4v) is 4.30. The molecule has 1 aliphatic rings. The molecule has 6 heteroatoms. The number of amides is 1. The maximum Gasteiger partial charge on any atom is 0.270 e. The van der Waals surface area contributed by atoms with E-state index in [2.05, 4.69) is 21.5 Å². The Morgan fingerprint density at radius 3 is 2.79 bits per heavy atom. The van der Waals surface area contributed by atoms with Gasteiger partial charge in [-0.05, 0) is 37.1 Å². The van der Waals surface area contributed by atoms with Crippen LogP contribution in [-0.4, -0.2) is 43.4 Å². The third kappa shape index (κ3) is 2.76. The van der Waals surface area contributed by atoms with Crippen LogP contribution >= 0.6 is 0 Å². The quantitative estimate of drug-likeness (QED) is 0.591. The molecule has 5 rings (SSSR count). The number of nitrogens with one attached hydrogen (secondary N) is 1. The fourth-order valence-electron chi connectivity index (χ4n) is 4.30. The number of fused-ring (bicyclic) bond motifs is 2. The topological polar surface area (TPSA) is 66.8 Å². The molecule has 142 valence electrons. The van der Waals surface area contributed by atoms with Crippen LogP contribution in [0.1, 0.15) is 42.1 Å². The summed E-state index contributed by atoms with van der Waals surface area (Å²) < 4.78 is 2.29. The van der Waals surface area contributed by atoms with Crippen molar-refractivity contribution in [3.8, 4) is 0 Å². The molecular formula is C22H23N5O. The molecule has 0 bridgehead atoms. The predicted octanol–water partition coefficient (Wildman–Crippen LogP) is 3.95. The van der Waals surface area contributed by atoms with Gasteiger partial charge in [0.25, 0.3) is 5.91 Å². The van der Waals surface area contributed by atoms with Crippen LogP contribution < -0.4 is 0 Å². The van der Waals surface area contributed by atoms with Gasteiger partial charge in [-0.1, -0.05) is 25.1 Å². The van der Waals surface area contributed by atoms with E-state index >= 15 is 0 Å². The van der Waals surface area contributed by atoms with Crippen molar-refractivity contribution in [1.29, 1.82) is 0 Å². The normalized spacial score (nSPS) is 15.5. The Bertz CT molecular complexity index is 1120. The summed E-state index contributed by atoms with van der Waals surface area (Å²) in [6.07, 6.45) is 4.54. The highest BCUT2D eigenvalue weighted by Gasteiger charge is 2.27. The van der Waals surface area contributed by atoms with E-state index < -0.39 is 0 Å². The van der Waals surface area contributed by atoms with E-state index in [1.165, 1.54) is 0 Å². The highest BCUT2D eigenvalue weighted by Crippen LogP contribution is 2.29. The summed E-state index contributed by atoms with van der Waals surface area (Å²) in [5.41, 5.74) is 3.59. The van der Waals surface area contributed by atoms with Gasteiger partial charge in [-0.25, -0.2) is 9.97 Å². The zero-order chi connectivity index (χ0) is 19.1. The van der Waals surface area contributed by atoms with Crippen LogP contribution in [-0.2, 0) is 6.42 Å². The van der Waals surface area contributed by atoms with Gasteiger partial charge >= 0.3 is 0 Å². The van der Waals surface area contributed by atoms with Crippen LogP contribution in [0, 0.1) is 0 Å². The van der Waals surface area contributed by atoms with Crippen molar-refractivity contribution < 1.29 is 4.79 Å². The molecule has 4 aromatic rings. The first kappa shape index (κ1) is 17.0. The van der Waals surface area contributed by atoms with Crippen molar-refractivity contribution in [1.82, 2.24) is 24.4 Å². The van der Waals surface area contributed by atoms with Gasteiger partial charge in [-0.2, -0.15) is 0 Å². The number of benzene rings is 1. The molecule has 0 aliphatic carbocycles. The molecule has 1 amide bonds. The number of H-pyrrole nitrogens is 1. The number of carbonyl (C=O) groups excluding carboxylic acids is 1. The standard InChI is InChI=1S/C22H23N5O/c1-2-20-25-18-8-5-11-23-21(18)27(20)16-9-12-26(13-10-16)22(28)19-14-15-6-3-4-7-17(15)24-19/h3-8,11,14,16,24H,2,9-10,12-13H2,1H3. The van der Waals surface area contributed by atoms with Gasteiger partial charge < -0.3 is 14.5 Å². The molecule has 1 N–H and O–H groups in total. The average molecular weight is 373 g/mol. The number of likely N-dealkylation sites (tertiary alicyclic amines) is 1.